The minimum atomic E-state index is -0.776. The second-order valence-electron chi connectivity index (χ2n) is 8.45. The van der Waals surface area contributed by atoms with Crippen LogP contribution in [0.3, 0.4) is 0 Å². The normalized spacial score (nSPS) is 17.2. The van der Waals surface area contributed by atoms with Crippen LogP contribution >= 0.6 is 0 Å². The molecule has 1 atom stereocenters. The number of carbonyl (C=O) groups excluding carboxylic acids is 2. The predicted octanol–water partition coefficient (Wildman–Crippen LogP) is 5.09. The molecular formula is C28H28N2O4. The summed E-state index contributed by atoms with van der Waals surface area (Å²) >= 11 is 0. The number of anilines is 2. The van der Waals surface area contributed by atoms with Crippen LogP contribution in [0.2, 0.25) is 0 Å². The summed E-state index contributed by atoms with van der Waals surface area (Å²) in [7, 11) is 3.87. The number of ether oxygens (including phenoxy) is 1. The highest BCUT2D eigenvalue weighted by atomic mass is 16.5. The molecule has 3 aromatic carbocycles. The van der Waals surface area contributed by atoms with Crippen molar-refractivity contribution in [3.63, 3.8) is 0 Å². The number of aliphatic hydroxyl groups excluding tert-OH is 1. The second-order valence-corrected chi connectivity index (χ2v) is 8.45. The summed E-state index contributed by atoms with van der Waals surface area (Å²) in [6, 6.07) is 21.1. The van der Waals surface area contributed by atoms with Gasteiger partial charge in [-0.05, 0) is 55.8 Å². The second kappa shape index (κ2) is 9.43. The number of hydrogen-bond acceptors (Lipinski definition) is 5. The van der Waals surface area contributed by atoms with Crippen LogP contribution in [0, 0.1) is 6.92 Å². The molecular weight excluding hydrogens is 428 g/mol. The van der Waals surface area contributed by atoms with Gasteiger partial charge < -0.3 is 14.7 Å². The molecule has 1 aliphatic rings. The van der Waals surface area contributed by atoms with Crippen LogP contribution in [0.15, 0.2) is 78.4 Å². The maximum absolute atomic E-state index is 13.3. The molecule has 1 aliphatic heterocycles. The number of benzene rings is 3. The van der Waals surface area contributed by atoms with Crippen molar-refractivity contribution >= 4 is 28.8 Å². The first kappa shape index (κ1) is 23.1. The van der Waals surface area contributed by atoms with Crippen molar-refractivity contribution in [1.82, 2.24) is 0 Å². The number of Topliss-reactive ketones (excluding diaryl/α,β-unsaturated/α-hetero) is 1. The summed E-state index contributed by atoms with van der Waals surface area (Å²) < 4.78 is 5.55. The first-order valence-corrected chi connectivity index (χ1v) is 11.2. The SMILES string of the molecule is CCOc1ccc(C2/C(=C(\O)c3ccc(C)cc3)C(=O)C(=O)N2c2ccc(N(C)C)cc2)cc1. The Labute approximate surface area is 199 Å². The van der Waals surface area contributed by atoms with Gasteiger partial charge in [0, 0.05) is 31.0 Å². The number of rotatable bonds is 6. The molecule has 1 amide bonds. The summed E-state index contributed by atoms with van der Waals surface area (Å²) in [5.74, 6) is -0.888. The van der Waals surface area contributed by atoms with Crippen LogP contribution in [0.1, 0.15) is 29.7 Å². The molecule has 174 valence electrons. The largest absolute Gasteiger partial charge is 0.507 e. The minimum Gasteiger partial charge on any atom is -0.507 e. The Morgan fingerprint density at radius 3 is 2.12 bits per heavy atom. The monoisotopic (exact) mass is 456 g/mol. The van der Waals surface area contributed by atoms with E-state index in [1.807, 2.05) is 81.4 Å². The molecule has 0 spiro atoms. The molecule has 1 unspecified atom stereocenters. The third kappa shape index (κ3) is 4.27. The number of amides is 1. The molecule has 0 aromatic heterocycles. The molecule has 0 saturated carbocycles. The van der Waals surface area contributed by atoms with E-state index in [0.29, 0.717) is 29.2 Å². The Bertz CT molecular complexity index is 1230. The zero-order valence-electron chi connectivity index (χ0n) is 19.8. The maximum Gasteiger partial charge on any atom is 0.300 e. The van der Waals surface area contributed by atoms with Crippen LogP contribution in [0.5, 0.6) is 5.75 Å². The summed E-state index contributed by atoms with van der Waals surface area (Å²) in [4.78, 5) is 29.9. The molecule has 4 rings (SSSR count). The quantitative estimate of drug-likeness (QED) is 0.318. The lowest BCUT2D eigenvalue weighted by Gasteiger charge is -2.26. The van der Waals surface area contributed by atoms with Gasteiger partial charge in [0.2, 0.25) is 0 Å². The van der Waals surface area contributed by atoms with Gasteiger partial charge in [0.15, 0.2) is 0 Å². The molecule has 6 nitrogen and oxygen atoms in total. The van der Waals surface area contributed by atoms with Gasteiger partial charge >= 0.3 is 0 Å². The lowest BCUT2D eigenvalue weighted by Crippen LogP contribution is -2.29. The Balaban J connectivity index is 1.87. The van der Waals surface area contributed by atoms with Gasteiger partial charge in [0.1, 0.15) is 11.5 Å². The summed E-state index contributed by atoms with van der Waals surface area (Å²) in [6.07, 6.45) is 0. The van der Waals surface area contributed by atoms with Gasteiger partial charge in [0.05, 0.1) is 18.2 Å². The Morgan fingerprint density at radius 2 is 1.56 bits per heavy atom. The van der Waals surface area contributed by atoms with Crippen LogP contribution in [0.25, 0.3) is 5.76 Å². The topological polar surface area (TPSA) is 70.1 Å². The highest BCUT2D eigenvalue weighted by Crippen LogP contribution is 2.42. The van der Waals surface area contributed by atoms with E-state index in [-0.39, 0.29) is 11.3 Å². The number of aliphatic hydroxyl groups is 1. The predicted molar refractivity (Wildman–Crippen MR) is 134 cm³/mol. The van der Waals surface area contributed by atoms with Crippen LogP contribution < -0.4 is 14.5 Å². The van der Waals surface area contributed by atoms with Crippen molar-refractivity contribution in [3.8, 4) is 5.75 Å². The van der Waals surface area contributed by atoms with E-state index in [4.69, 9.17) is 4.74 Å². The molecule has 1 saturated heterocycles. The number of carbonyl (C=O) groups is 2. The van der Waals surface area contributed by atoms with E-state index >= 15 is 0 Å². The van der Waals surface area contributed by atoms with Gasteiger partial charge in [-0.1, -0.05) is 42.0 Å². The number of nitrogens with zero attached hydrogens (tertiary/aromatic N) is 2. The Morgan fingerprint density at radius 1 is 0.941 bits per heavy atom. The minimum absolute atomic E-state index is 0.0645. The van der Waals surface area contributed by atoms with Gasteiger partial charge in [-0.2, -0.15) is 0 Å². The molecule has 0 aliphatic carbocycles. The van der Waals surface area contributed by atoms with Crippen molar-refractivity contribution < 1.29 is 19.4 Å². The van der Waals surface area contributed by atoms with Gasteiger partial charge in [-0.25, -0.2) is 0 Å². The first-order valence-electron chi connectivity index (χ1n) is 11.2. The summed E-state index contributed by atoms with van der Waals surface area (Å²) in [6.45, 7) is 4.38. The average molecular weight is 457 g/mol. The van der Waals surface area contributed by atoms with Crippen molar-refractivity contribution in [2.45, 2.75) is 19.9 Å². The fourth-order valence-corrected chi connectivity index (χ4v) is 4.11. The molecule has 1 heterocycles. The van der Waals surface area contributed by atoms with E-state index in [0.717, 1.165) is 11.3 Å². The first-order chi connectivity index (χ1) is 16.3. The van der Waals surface area contributed by atoms with E-state index in [9.17, 15) is 14.7 Å². The number of aryl methyl sites for hydroxylation is 1. The molecule has 0 bridgehead atoms. The highest BCUT2D eigenvalue weighted by Gasteiger charge is 2.47. The van der Waals surface area contributed by atoms with E-state index in [2.05, 4.69) is 0 Å². The smallest absolute Gasteiger partial charge is 0.300 e. The van der Waals surface area contributed by atoms with Crippen molar-refractivity contribution in [1.29, 1.82) is 0 Å². The van der Waals surface area contributed by atoms with Crippen molar-refractivity contribution in [2.24, 2.45) is 0 Å². The van der Waals surface area contributed by atoms with Crippen LogP contribution in [-0.4, -0.2) is 37.5 Å². The van der Waals surface area contributed by atoms with E-state index < -0.39 is 17.7 Å². The fraction of sp³-hybridized carbons (Fsp3) is 0.214. The van der Waals surface area contributed by atoms with Crippen LogP contribution in [-0.2, 0) is 9.59 Å². The molecule has 3 aromatic rings. The summed E-state index contributed by atoms with van der Waals surface area (Å²) in [5.41, 5.74) is 3.83. The van der Waals surface area contributed by atoms with Crippen molar-refractivity contribution in [3.05, 3.63) is 95.1 Å². The average Bonchev–Trinajstić information content (AvgIpc) is 3.10. The molecule has 1 fully saturated rings. The third-order valence-electron chi connectivity index (χ3n) is 5.92. The molecule has 0 radical (unpaired) electrons. The number of hydrogen-bond donors (Lipinski definition) is 1. The number of ketones is 1. The Kier molecular flexibility index (Phi) is 6.41. The zero-order chi connectivity index (χ0) is 24.4. The Hall–Kier alpha value is -4.06. The lowest BCUT2D eigenvalue weighted by atomic mass is 9.95. The molecule has 1 N–H and O–H groups in total. The maximum atomic E-state index is 13.3. The molecule has 34 heavy (non-hydrogen) atoms. The third-order valence-corrected chi connectivity index (χ3v) is 5.92. The van der Waals surface area contributed by atoms with E-state index in [1.165, 1.54) is 4.90 Å². The fourth-order valence-electron chi connectivity index (χ4n) is 4.11. The van der Waals surface area contributed by atoms with E-state index in [1.54, 1.807) is 24.3 Å². The van der Waals surface area contributed by atoms with Gasteiger partial charge in [0.25, 0.3) is 11.7 Å². The lowest BCUT2D eigenvalue weighted by molar-refractivity contribution is -0.132. The highest BCUT2D eigenvalue weighted by molar-refractivity contribution is 6.51. The summed E-state index contributed by atoms with van der Waals surface area (Å²) in [5, 5.41) is 11.2. The molecule has 6 heteroatoms. The zero-order valence-corrected chi connectivity index (χ0v) is 19.8. The van der Waals surface area contributed by atoms with Crippen LogP contribution in [0.4, 0.5) is 11.4 Å². The van der Waals surface area contributed by atoms with Crippen molar-refractivity contribution in [2.75, 3.05) is 30.5 Å². The standard InChI is InChI=1S/C28H28N2O4/c1-5-34-23-16-10-19(11-17-23)25-24(26(31)20-8-6-18(2)7-9-20)27(32)28(33)30(25)22-14-12-21(13-15-22)29(3)4/h6-17,25,31H,5H2,1-4H3/b26-24+. The van der Waals surface area contributed by atoms with Gasteiger partial charge in [-0.15, -0.1) is 0 Å². The van der Waals surface area contributed by atoms with Gasteiger partial charge in [-0.3, -0.25) is 14.5 Å².